The summed E-state index contributed by atoms with van der Waals surface area (Å²) in [4.78, 5) is 9.30. The molecule has 4 aromatic rings. The van der Waals surface area contributed by atoms with Gasteiger partial charge in [-0.25, -0.2) is 14.2 Å². The highest BCUT2D eigenvalue weighted by Gasteiger charge is 2.22. The number of nitrogens with one attached hydrogen (secondary N) is 1. The Morgan fingerprint density at radius 1 is 1.00 bits per heavy atom. The summed E-state index contributed by atoms with van der Waals surface area (Å²) in [6.45, 7) is 0. The molecule has 1 fully saturated rings. The van der Waals surface area contributed by atoms with Crippen LogP contribution in [0.5, 0.6) is 0 Å². The van der Waals surface area contributed by atoms with Gasteiger partial charge in [0.1, 0.15) is 10.7 Å². The third kappa shape index (κ3) is 3.74. The molecule has 0 aliphatic heterocycles. The summed E-state index contributed by atoms with van der Waals surface area (Å²) in [6.07, 6.45) is 6.39. The molecule has 1 atom stereocenters. The fourth-order valence-corrected chi connectivity index (χ4v) is 5.20. The van der Waals surface area contributed by atoms with Crippen LogP contribution in [0.25, 0.3) is 22.2 Å². The Morgan fingerprint density at radius 3 is 2.55 bits per heavy atom. The maximum Gasteiger partial charge on any atom is 0.201 e. The summed E-state index contributed by atoms with van der Waals surface area (Å²) in [7, 11) is -1.53. The zero-order valence-corrected chi connectivity index (χ0v) is 17.8. The first kappa shape index (κ1) is 19.6. The molecule has 5 N–H and O–H groups in total. The zero-order valence-electron chi connectivity index (χ0n) is 17.0. The van der Waals surface area contributed by atoms with Crippen LogP contribution in [0.15, 0.2) is 65.7 Å². The lowest BCUT2D eigenvalue weighted by molar-refractivity contribution is 0.539. The SMILES string of the molecule is Nc1ncc(-c2ccc3nc(N)n(C4CCCC4)c3c2)cc1S(=O)Nc1ccccc1. The average Bonchev–Trinajstić information content (AvgIpc) is 3.41. The fraction of sp³-hybridized carbons (Fsp3) is 0.217. The van der Waals surface area contributed by atoms with Crippen LogP contribution in [-0.2, 0) is 11.0 Å². The minimum atomic E-state index is -1.53. The minimum Gasteiger partial charge on any atom is -0.383 e. The smallest absolute Gasteiger partial charge is 0.201 e. The van der Waals surface area contributed by atoms with E-state index < -0.39 is 11.0 Å². The van der Waals surface area contributed by atoms with Crippen molar-refractivity contribution in [2.24, 2.45) is 0 Å². The molecular weight excluding hydrogens is 408 g/mol. The topological polar surface area (TPSA) is 112 Å². The van der Waals surface area contributed by atoms with Crippen LogP contribution in [-0.4, -0.2) is 18.7 Å². The van der Waals surface area contributed by atoms with E-state index in [1.807, 2.05) is 48.5 Å². The molecule has 5 rings (SSSR count). The summed E-state index contributed by atoms with van der Waals surface area (Å²) in [6, 6.07) is 17.6. The molecule has 0 radical (unpaired) electrons. The first-order valence-corrected chi connectivity index (χ1v) is 11.5. The summed E-state index contributed by atoms with van der Waals surface area (Å²) in [5, 5.41) is 0. The van der Waals surface area contributed by atoms with Crippen molar-refractivity contribution in [3.63, 3.8) is 0 Å². The zero-order chi connectivity index (χ0) is 21.4. The molecular formula is C23H24N6OS. The van der Waals surface area contributed by atoms with Crippen LogP contribution < -0.4 is 16.2 Å². The van der Waals surface area contributed by atoms with E-state index in [0.29, 0.717) is 16.9 Å². The number of imidazole rings is 1. The number of hydrogen-bond acceptors (Lipinski definition) is 5. The van der Waals surface area contributed by atoms with Crippen LogP contribution >= 0.6 is 0 Å². The highest BCUT2D eigenvalue weighted by molar-refractivity contribution is 7.86. The Bertz CT molecular complexity index is 1260. The largest absolute Gasteiger partial charge is 0.383 e. The Morgan fingerprint density at radius 2 is 1.77 bits per heavy atom. The number of nitrogen functional groups attached to an aromatic ring is 2. The Labute approximate surface area is 183 Å². The van der Waals surface area contributed by atoms with Gasteiger partial charge in [0.2, 0.25) is 5.95 Å². The van der Waals surface area contributed by atoms with E-state index in [4.69, 9.17) is 11.5 Å². The molecule has 1 aliphatic carbocycles. The lowest BCUT2D eigenvalue weighted by atomic mass is 10.1. The summed E-state index contributed by atoms with van der Waals surface area (Å²) < 4.78 is 18.0. The summed E-state index contributed by atoms with van der Waals surface area (Å²) in [5.41, 5.74) is 16.7. The Hall–Kier alpha value is -3.39. The van der Waals surface area contributed by atoms with Crippen molar-refractivity contribution < 1.29 is 4.21 Å². The third-order valence-electron chi connectivity index (χ3n) is 5.81. The molecule has 8 heteroatoms. The van der Waals surface area contributed by atoms with Crippen molar-refractivity contribution in [3.8, 4) is 11.1 Å². The van der Waals surface area contributed by atoms with Gasteiger partial charge in [-0.15, -0.1) is 0 Å². The molecule has 2 aromatic carbocycles. The number of pyridine rings is 1. The van der Waals surface area contributed by atoms with E-state index in [1.54, 1.807) is 6.20 Å². The number of fused-ring (bicyclic) bond motifs is 1. The van der Waals surface area contributed by atoms with Crippen molar-refractivity contribution in [1.82, 2.24) is 14.5 Å². The van der Waals surface area contributed by atoms with Crippen molar-refractivity contribution in [3.05, 3.63) is 60.8 Å². The summed E-state index contributed by atoms with van der Waals surface area (Å²) >= 11 is 0. The number of rotatable bonds is 5. The minimum absolute atomic E-state index is 0.242. The quantitative estimate of drug-likeness (QED) is 0.429. The molecule has 2 aromatic heterocycles. The first-order valence-electron chi connectivity index (χ1n) is 10.4. The molecule has 7 nitrogen and oxygen atoms in total. The molecule has 1 aliphatic rings. The fourth-order valence-electron chi connectivity index (χ4n) is 4.27. The van der Waals surface area contributed by atoms with Gasteiger partial charge in [0.15, 0.2) is 11.0 Å². The van der Waals surface area contributed by atoms with Gasteiger partial charge in [-0.3, -0.25) is 0 Å². The molecule has 2 heterocycles. The molecule has 31 heavy (non-hydrogen) atoms. The molecule has 0 bridgehead atoms. The van der Waals surface area contributed by atoms with Crippen LogP contribution in [0, 0.1) is 0 Å². The second-order valence-electron chi connectivity index (χ2n) is 7.83. The summed E-state index contributed by atoms with van der Waals surface area (Å²) in [5.74, 6) is 0.801. The molecule has 0 amide bonds. The van der Waals surface area contributed by atoms with Crippen LogP contribution in [0.2, 0.25) is 0 Å². The normalized spacial score (nSPS) is 15.4. The lowest BCUT2D eigenvalue weighted by Gasteiger charge is -2.15. The van der Waals surface area contributed by atoms with Gasteiger partial charge in [0, 0.05) is 23.5 Å². The predicted octanol–water partition coefficient (Wildman–Crippen LogP) is 4.51. The van der Waals surface area contributed by atoms with Crippen molar-refractivity contribution in [1.29, 1.82) is 0 Å². The van der Waals surface area contributed by atoms with Crippen molar-refractivity contribution in [2.45, 2.75) is 36.6 Å². The van der Waals surface area contributed by atoms with E-state index >= 15 is 0 Å². The van der Waals surface area contributed by atoms with Gasteiger partial charge in [0.25, 0.3) is 0 Å². The standard InChI is InChI=1S/C23H24N6OS/c24-22-21(31(30)28-17-6-2-1-3-7-17)13-16(14-26-22)15-10-11-19-20(12-15)29(23(25)27-19)18-8-4-5-9-18/h1-3,6-7,10-14,18,28H,4-5,8-9H2,(H2,24,26)(H2,25,27). The maximum absolute atomic E-state index is 12.9. The van der Waals surface area contributed by atoms with E-state index in [2.05, 4.69) is 25.3 Å². The van der Waals surface area contributed by atoms with Crippen LogP contribution in [0.4, 0.5) is 17.5 Å². The molecule has 1 unspecified atom stereocenters. The van der Waals surface area contributed by atoms with E-state index in [1.165, 1.54) is 12.8 Å². The molecule has 158 valence electrons. The second kappa shape index (κ2) is 8.03. The predicted molar refractivity (Wildman–Crippen MR) is 126 cm³/mol. The van der Waals surface area contributed by atoms with Crippen molar-refractivity contribution in [2.75, 3.05) is 16.2 Å². The third-order valence-corrected chi connectivity index (χ3v) is 6.95. The monoisotopic (exact) mass is 432 g/mol. The van der Waals surface area contributed by atoms with E-state index in [-0.39, 0.29) is 5.82 Å². The number of nitrogens with zero attached hydrogens (tertiary/aromatic N) is 3. The Balaban J connectivity index is 1.52. The number of benzene rings is 2. The lowest BCUT2D eigenvalue weighted by Crippen LogP contribution is -2.09. The molecule has 0 spiro atoms. The number of nitrogens with two attached hydrogens (primary N) is 2. The Kier molecular flexibility index (Phi) is 5.07. The van der Waals surface area contributed by atoms with Gasteiger partial charge in [-0.2, -0.15) is 0 Å². The highest BCUT2D eigenvalue weighted by atomic mass is 32.2. The van der Waals surface area contributed by atoms with Crippen molar-refractivity contribution >= 4 is 39.5 Å². The average molecular weight is 433 g/mol. The number of aromatic nitrogens is 3. The maximum atomic E-state index is 12.9. The number of hydrogen-bond donors (Lipinski definition) is 3. The highest BCUT2D eigenvalue weighted by Crippen LogP contribution is 2.36. The van der Waals surface area contributed by atoms with Gasteiger partial charge >= 0.3 is 0 Å². The molecule has 1 saturated carbocycles. The van der Waals surface area contributed by atoms with E-state index in [9.17, 15) is 4.21 Å². The van der Waals surface area contributed by atoms with Crippen LogP contribution in [0.1, 0.15) is 31.7 Å². The second-order valence-corrected chi connectivity index (χ2v) is 9.01. The van der Waals surface area contributed by atoms with Gasteiger partial charge in [-0.1, -0.05) is 37.1 Å². The number of para-hydroxylation sites is 1. The number of anilines is 3. The van der Waals surface area contributed by atoms with E-state index in [0.717, 1.165) is 40.7 Å². The van der Waals surface area contributed by atoms with Gasteiger partial charge in [0.05, 0.1) is 11.0 Å². The van der Waals surface area contributed by atoms with Gasteiger partial charge < -0.3 is 20.8 Å². The first-order chi connectivity index (χ1) is 15.1. The van der Waals surface area contributed by atoms with Crippen LogP contribution in [0.3, 0.4) is 0 Å². The molecule has 0 saturated heterocycles. The van der Waals surface area contributed by atoms with Gasteiger partial charge in [-0.05, 0) is 48.7 Å².